The summed E-state index contributed by atoms with van der Waals surface area (Å²) in [5.41, 5.74) is 11.0. The van der Waals surface area contributed by atoms with Gasteiger partial charge in [0.25, 0.3) is 0 Å². The van der Waals surface area contributed by atoms with E-state index in [1.165, 1.54) is 0 Å². The van der Waals surface area contributed by atoms with Crippen LogP contribution in [0.5, 0.6) is 5.75 Å². The lowest BCUT2D eigenvalue weighted by atomic mass is 10.2. The first-order valence-electron chi connectivity index (χ1n) is 8.40. The zero-order valence-electron chi connectivity index (χ0n) is 15.6. The number of guanidine groups is 1. The molecule has 0 spiro atoms. The second kappa shape index (κ2) is 9.40. The Bertz CT molecular complexity index is 936. The molecule has 1 heterocycles. The molecule has 0 unspecified atom stereocenters. The molecule has 6 nitrogen and oxygen atoms in total. The predicted octanol–water partition coefficient (Wildman–Crippen LogP) is 4.04. The molecule has 1 aromatic heterocycles. The Labute approximate surface area is 176 Å². The lowest BCUT2D eigenvalue weighted by Gasteiger charge is -2.12. The number of halogens is 1. The minimum absolute atomic E-state index is 0. The number of aryl methyl sites for hydroxylation is 2. The van der Waals surface area contributed by atoms with Gasteiger partial charge in [0, 0.05) is 5.69 Å². The molecule has 7 heteroatoms. The van der Waals surface area contributed by atoms with E-state index in [2.05, 4.69) is 21.5 Å². The molecule has 0 fully saturated rings. The van der Waals surface area contributed by atoms with E-state index >= 15 is 0 Å². The van der Waals surface area contributed by atoms with Crippen LogP contribution < -0.4 is 15.8 Å². The molecule has 0 aliphatic carbocycles. The van der Waals surface area contributed by atoms with Crippen molar-refractivity contribution in [3.05, 3.63) is 71.5 Å². The van der Waals surface area contributed by atoms with Gasteiger partial charge in [0.2, 0.25) is 0 Å². The maximum Gasteiger partial charge on any atom is 0.193 e. The lowest BCUT2D eigenvalue weighted by molar-refractivity contribution is 0.417. The molecule has 0 aliphatic heterocycles. The number of nitrogens with two attached hydrogens (primary N) is 1. The fourth-order valence-corrected chi connectivity index (χ4v) is 2.82. The van der Waals surface area contributed by atoms with Gasteiger partial charge in [0.15, 0.2) is 5.96 Å². The fourth-order valence-electron chi connectivity index (χ4n) is 2.82. The largest absolute Gasteiger partial charge is 0.495 e. The summed E-state index contributed by atoms with van der Waals surface area (Å²) in [5.74, 6) is 1.05. The molecule has 2 aromatic carbocycles. The summed E-state index contributed by atoms with van der Waals surface area (Å²) in [4.78, 5) is 4.47. The number of aromatic nitrogens is 2. The zero-order valence-corrected chi connectivity index (χ0v) is 18.0. The van der Waals surface area contributed by atoms with Gasteiger partial charge in [0.1, 0.15) is 5.75 Å². The van der Waals surface area contributed by atoms with Gasteiger partial charge >= 0.3 is 0 Å². The molecule has 0 saturated heterocycles. The van der Waals surface area contributed by atoms with Crippen LogP contribution in [0.4, 0.5) is 5.69 Å². The molecular weight excluding hydrogens is 453 g/mol. The van der Waals surface area contributed by atoms with Crippen molar-refractivity contribution in [2.45, 2.75) is 20.4 Å². The quantitative estimate of drug-likeness (QED) is 0.331. The Morgan fingerprint density at radius 1 is 1.15 bits per heavy atom. The monoisotopic (exact) mass is 477 g/mol. The first-order chi connectivity index (χ1) is 12.6. The molecule has 0 bridgehead atoms. The molecule has 0 amide bonds. The van der Waals surface area contributed by atoms with Gasteiger partial charge in [-0.05, 0) is 43.7 Å². The Kier molecular flexibility index (Phi) is 7.23. The van der Waals surface area contributed by atoms with E-state index < -0.39 is 0 Å². The van der Waals surface area contributed by atoms with Gasteiger partial charge in [-0.2, -0.15) is 5.10 Å². The highest BCUT2D eigenvalue weighted by Gasteiger charge is 2.09. The average molecular weight is 477 g/mol. The van der Waals surface area contributed by atoms with Gasteiger partial charge in [-0.25, -0.2) is 9.67 Å². The number of methoxy groups -OCH3 is 1. The smallest absolute Gasteiger partial charge is 0.193 e. The van der Waals surface area contributed by atoms with Gasteiger partial charge in [-0.1, -0.05) is 30.3 Å². The van der Waals surface area contributed by atoms with Crippen LogP contribution in [0.15, 0.2) is 59.6 Å². The molecule has 0 saturated carbocycles. The molecule has 0 aliphatic rings. The Morgan fingerprint density at radius 2 is 1.85 bits per heavy atom. The number of ether oxygens (including phenoxy) is 1. The molecule has 27 heavy (non-hydrogen) atoms. The third-order valence-corrected chi connectivity index (χ3v) is 4.02. The zero-order chi connectivity index (χ0) is 18.5. The average Bonchev–Trinajstić information content (AvgIpc) is 2.98. The summed E-state index contributed by atoms with van der Waals surface area (Å²) in [7, 11) is 1.62. The maximum absolute atomic E-state index is 6.06. The number of benzene rings is 2. The van der Waals surface area contributed by atoms with Crippen LogP contribution in [-0.2, 0) is 6.54 Å². The number of nitrogens with zero attached hydrogens (tertiary/aromatic N) is 3. The molecule has 3 N–H and O–H groups in total. The number of hydrogen-bond acceptors (Lipinski definition) is 3. The standard InChI is InChI=1S/C20H23N5O.HI/c1-14-12-15(2)25(24-14)18-10-6-4-8-16(18)13-22-20(21)23-17-9-5-7-11-19(17)26-3;/h4-12H,13H2,1-3H3,(H3,21,22,23);1H. The number of rotatable bonds is 5. The van der Waals surface area contributed by atoms with E-state index in [-0.39, 0.29) is 24.0 Å². The highest BCUT2D eigenvalue weighted by molar-refractivity contribution is 14.0. The van der Waals surface area contributed by atoms with Crippen LogP contribution in [0, 0.1) is 13.8 Å². The molecule has 0 radical (unpaired) electrons. The molecule has 0 atom stereocenters. The van der Waals surface area contributed by atoms with Crippen molar-refractivity contribution in [2.75, 3.05) is 12.4 Å². The lowest BCUT2D eigenvalue weighted by Crippen LogP contribution is -2.23. The number of para-hydroxylation sites is 3. The number of anilines is 1. The maximum atomic E-state index is 6.06. The Balaban J connectivity index is 0.00000261. The van der Waals surface area contributed by atoms with Crippen LogP contribution in [0.25, 0.3) is 5.69 Å². The molecule has 3 rings (SSSR count). The van der Waals surface area contributed by atoms with E-state index in [4.69, 9.17) is 10.5 Å². The van der Waals surface area contributed by atoms with Crippen LogP contribution in [0.3, 0.4) is 0 Å². The van der Waals surface area contributed by atoms with E-state index in [9.17, 15) is 0 Å². The van der Waals surface area contributed by atoms with Crippen molar-refractivity contribution in [2.24, 2.45) is 10.7 Å². The van der Waals surface area contributed by atoms with Crippen molar-refractivity contribution in [3.8, 4) is 11.4 Å². The predicted molar refractivity (Wildman–Crippen MR) is 120 cm³/mol. The fraction of sp³-hybridized carbons (Fsp3) is 0.200. The Morgan fingerprint density at radius 3 is 2.56 bits per heavy atom. The highest BCUT2D eigenvalue weighted by atomic mass is 127. The minimum atomic E-state index is 0. The SMILES string of the molecule is COc1ccccc1NC(N)=NCc1ccccc1-n1nc(C)cc1C.I. The Hall–Kier alpha value is -2.55. The molecule has 3 aromatic rings. The van der Waals surface area contributed by atoms with Crippen molar-refractivity contribution in [3.63, 3.8) is 0 Å². The van der Waals surface area contributed by atoms with Crippen LogP contribution in [0.1, 0.15) is 17.0 Å². The first-order valence-corrected chi connectivity index (χ1v) is 8.40. The normalized spacial score (nSPS) is 11.0. The summed E-state index contributed by atoms with van der Waals surface area (Å²) in [6, 6.07) is 17.7. The van der Waals surface area contributed by atoms with Crippen molar-refractivity contribution in [1.82, 2.24) is 9.78 Å². The summed E-state index contributed by atoms with van der Waals surface area (Å²) in [6.07, 6.45) is 0. The summed E-state index contributed by atoms with van der Waals surface area (Å²) < 4.78 is 7.25. The van der Waals surface area contributed by atoms with Gasteiger partial charge in [-0.15, -0.1) is 24.0 Å². The third-order valence-electron chi connectivity index (χ3n) is 4.02. The summed E-state index contributed by atoms with van der Waals surface area (Å²) in [6.45, 7) is 4.47. The van der Waals surface area contributed by atoms with Gasteiger partial charge in [-0.3, -0.25) is 0 Å². The van der Waals surface area contributed by atoms with E-state index in [0.29, 0.717) is 18.3 Å². The van der Waals surface area contributed by atoms with Crippen molar-refractivity contribution >= 4 is 35.6 Å². The minimum Gasteiger partial charge on any atom is -0.495 e. The third kappa shape index (κ3) is 5.00. The number of aliphatic imine (C=N–C) groups is 1. The second-order valence-corrected chi connectivity index (χ2v) is 5.99. The highest BCUT2D eigenvalue weighted by Crippen LogP contribution is 2.23. The summed E-state index contributed by atoms with van der Waals surface area (Å²) in [5, 5.41) is 7.65. The van der Waals surface area contributed by atoms with E-state index in [0.717, 1.165) is 28.3 Å². The topological polar surface area (TPSA) is 77.5 Å². The summed E-state index contributed by atoms with van der Waals surface area (Å²) >= 11 is 0. The van der Waals surface area contributed by atoms with E-state index in [1.807, 2.05) is 67.1 Å². The van der Waals surface area contributed by atoms with Gasteiger partial charge in [0.05, 0.1) is 30.7 Å². The van der Waals surface area contributed by atoms with Crippen LogP contribution >= 0.6 is 24.0 Å². The molecular formula is C20H24IN5O. The van der Waals surface area contributed by atoms with Crippen LogP contribution in [-0.4, -0.2) is 22.8 Å². The number of nitrogens with one attached hydrogen (secondary N) is 1. The van der Waals surface area contributed by atoms with Crippen molar-refractivity contribution < 1.29 is 4.74 Å². The van der Waals surface area contributed by atoms with Crippen LogP contribution in [0.2, 0.25) is 0 Å². The second-order valence-electron chi connectivity index (χ2n) is 5.99. The van der Waals surface area contributed by atoms with E-state index in [1.54, 1.807) is 7.11 Å². The molecule has 142 valence electrons. The van der Waals surface area contributed by atoms with Gasteiger partial charge < -0.3 is 15.8 Å². The number of hydrogen-bond donors (Lipinski definition) is 2. The first kappa shape index (κ1) is 20.8. The van der Waals surface area contributed by atoms with Crippen molar-refractivity contribution in [1.29, 1.82) is 0 Å².